The molecule has 58 valence electrons. The van der Waals surface area contributed by atoms with E-state index in [1.165, 1.54) is 0 Å². The summed E-state index contributed by atoms with van der Waals surface area (Å²) >= 11 is 0. The molecule has 1 amide bonds. The summed E-state index contributed by atoms with van der Waals surface area (Å²) in [5, 5.41) is 2.24. The van der Waals surface area contributed by atoms with Crippen molar-refractivity contribution in [2.75, 3.05) is 0 Å². The Morgan fingerprint density at radius 2 is 2.20 bits per heavy atom. The molecule has 0 radical (unpaired) electrons. The van der Waals surface area contributed by atoms with Gasteiger partial charge < -0.3 is 10.1 Å². The van der Waals surface area contributed by atoms with Crippen molar-refractivity contribution >= 4 is 6.09 Å². The van der Waals surface area contributed by atoms with Crippen molar-refractivity contribution in [3.05, 3.63) is 0 Å². The van der Waals surface area contributed by atoms with E-state index in [1.54, 1.807) is 0 Å². The number of hydrogen-bond donors (Lipinski definition) is 1. The lowest BCUT2D eigenvalue weighted by Gasteiger charge is -2.02. The van der Waals surface area contributed by atoms with E-state index in [0.717, 1.165) is 12.8 Å². The topological polar surface area (TPSA) is 38.3 Å². The first-order chi connectivity index (χ1) is 4.68. The highest BCUT2D eigenvalue weighted by Gasteiger charge is 2.24. The molecule has 1 rings (SSSR count). The number of rotatable bonds is 2. The predicted molar refractivity (Wildman–Crippen MR) is 28.6 cm³/mol. The summed E-state index contributed by atoms with van der Waals surface area (Å²) in [4.78, 5) is 10.3. The fourth-order valence-electron chi connectivity index (χ4n) is 0.509. The van der Waals surface area contributed by atoms with Crippen LogP contribution in [-0.4, -0.2) is 18.7 Å². The Bertz CT molecular complexity index is 130. The number of hydrogen-bond acceptors (Lipinski definition) is 2. The van der Waals surface area contributed by atoms with Crippen LogP contribution in [0.3, 0.4) is 0 Å². The van der Waals surface area contributed by atoms with Crippen molar-refractivity contribution in [3.63, 3.8) is 0 Å². The number of carbonyl (C=O) groups excluding carboxylic acids is 1. The van der Waals surface area contributed by atoms with Gasteiger partial charge in [0.05, 0.1) is 0 Å². The summed E-state index contributed by atoms with van der Waals surface area (Å²) in [7, 11) is 0. The van der Waals surface area contributed by atoms with Gasteiger partial charge in [-0.1, -0.05) is 0 Å². The van der Waals surface area contributed by atoms with Gasteiger partial charge in [0, 0.05) is 6.04 Å². The van der Waals surface area contributed by atoms with E-state index in [-0.39, 0.29) is 6.04 Å². The van der Waals surface area contributed by atoms with Crippen molar-refractivity contribution in [3.8, 4) is 0 Å². The largest absolute Gasteiger partial charge is 0.411 e. The number of carbonyl (C=O) groups is 1. The van der Waals surface area contributed by atoms with Crippen LogP contribution in [0.5, 0.6) is 0 Å². The third-order valence-electron chi connectivity index (χ3n) is 1.10. The molecule has 0 bridgehead atoms. The lowest BCUT2D eigenvalue weighted by atomic mass is 10.7. The van der Waals surface area contributed by atoms with E-state index in [1.807, 2.05) is 0 Å². The van der Waals surface area contributed by atoms with Gasteiger partial charge in [0.1, 0.15) is 0 Å². The maximum absolute atomic E-state index is 11.3. The normalized spacial score (nSPS) is 17.1. The van der Waals surface area contributed by atoms with Crippen molar-refractivity contribution in [1.29, 1.82) is 0 Å². The zero-order valence-electron chi connectivity index (χ0n) is 5.14. The molecule has 0 aromatic carbocycles. The van der Waals surface area contributed by atoms with E-state index in [0.29, 0.717) is 0 Å². The Morgan fingerprint density at radius 1 is 1.60 bits per heavy atom. The fraction of sp³-hybridized carbons (Fsp3) is 0.800. The Balaban J connectivity index is 2.08. The van der Waals surface area contributed by atoms with Gasteiger partial charge in [-0.3, -0.25) is 0 Å². The second-order valence-electron chi connectivity index (χ2n) is 2.08. The molecule has 0 spiro atoms. The Kier molecular flexibility index (Phi) is 2.03. The van der Waals surface area contributed by atoms with Gasteiger partial charge in [-0.2, -0.15) is 8.78 Å². The van der Waals surface area contributed by atoms with Gasteiger partial charge in [-0.15, -0.1) is 0 Å². The summed E-state index contributed by atoms with van der Waals surface area (Å²) in [6.45, 7) is -3.02. The number of halogens is 2. The van der Waals surface area contributed by atoms with E-state index < -0.39 is 12.7 Å². The van der Waals surface area contributed by atoms with E-state index in [2.05, 4.69) is 10.1 Å². The highest BCUT2D eigenvalue weighted by molar-refractivity contribution is 5.67. The SMILES string of the molecule is O=C(NC1CC1)OC(F)F. The minimum Gasteiger partial charge on any atom is -0.386 e. The Hall–Kier alpha value is -0.870. The lowest BCUT2D eigenvalue weighted by Crippen LogP contribution is -2.27. The summed E-state index contributed by atoms with van der Waals surface area (Å²) < 4.78 is 26.1. The monoisotopic (exact) mass is 151 g/mol. The van der Waals surface area contributed by atoms with E-state index >= 15 is 0 Å². The number of alkyl carbamates (subject to hydrolysis) is 1. The molecule has 0 heterocycles. The van der Waals surface area contributed by atoms with Crippen molar-refractivity contribution < 1.29 is 18.3 Å². The van der Waals surface area contributed by atoms with Crippen LogP contribution in [0.1, 0.15) is 12.8 Å². The maximum Gasteiger partial charge on any atom is 0.411 e. The third-order valence-corrected chi connectivity index (χ3v) is 1.10. The van der Waals surface area contributed by atoms with Crippen LogP contribution in [0.4, 0.5) is 13.6 Å². The third kappa shape index (κ3) is 2.61. The second kappa shape index (κ2) is 2.81. The first kappa shape index (κ1) is 7.24. The minimum absolute atomic E-state index is 0.0613. The molecule has 0 aromatic heterocycles. The second-order valence-corrected chi connectivity index (χ2v) is 2.08. The lowest BCUT2D eigenvalue weighted by molar-refractivity contribution is -0.0814. The molecule has 0 aromatic rings. The van der Waals surface area contributed by atoms with Crippen LogP contribution in [0.2, 0.25) is 0 Å². The minimum atomic E-state index is -3.02. The van der Waals surface area contributed by atoms with Gasteiger partial charge in [0.15, 0.2) is 0 Å². The summed E-state index contributed by atoms with van der Waals surface area (Å²) in [6.07, 6.45) is 0.689. The molecule has 1 N–H and O–H groups in total. The Morgan fingerprint density at radius 3 is 2.60 bits per heavy atom. The Labute approximate surface area is 56.3 Å². The molecule has 1 aliphatic rings. The average molecular weight is 151 g/mol. The van der Waals surface area contributed by atoms with Gasteiger partial charge in [0.2, 0.25) is 0 Å². The number of amides is 1. The van der Waals surface area contributed by atoms with Crippen molar-refractivity contribution in [2.45, 2.75) is 25.5 Å². The number of nitrogens with one attached hydrogen (secondary N) is 1. The summed E-state index contributed by atoms with van der Waals surface area (Å²) in [5.41, 5.74) is 0. The molecule has 1 saturated carbocycles. The van der Waals surface area contributed by atoms with Crippen molar-refractivity contribution in [2.24, 2.45) is 0 Å². The van der Waals surface area contributed by atoms with Crippen LogP contribution < -0.4 is 5.32 Å². The van der Waals surface area contributed by atoms with Crippen LogP contribution in [0, 0.1) is 0 Å². The van der Waals surface area contributed by atoms with Gasteiger partial charge in [0.25, 0.3) is 0 Å². The molecular weight excluding hydrogens is 144 g/mol. The first-order valence-corrected chi connectivity index (χ1v) is 2.94. The average Bonchev–Trinajstić information content (AvgIpc) is 2.46. The van der Waals surface area contributed by atoms with Crippen LogP contribution >= 0.6 is 0 Å². The molecule has 10 heavy (non-hydrogen) atoms. The van der Waals surface area contributed by atoms with Gasteiger partial charge in [-0.05, 0) is 12.8 Å². The first-order valence-electron chi connectivity index (χ1n) is 2.94. The smallest absolute Gasteiger partial charge is 0.386 e. The molecule has 3 nitrogen and oxygen atoms in total. The molecular formula is C5H7F2NO2. The fourth-order valence-corrected chi connectivity index (χ4v) is 0.509. The van der Waals surface area contributed by atoms with Crippen LogP contribution in [0.25, 0.3) is 0 Å². The highest BCUT2D eigenvalue weighted by Crippen LogP contribution is 2.18. The van der Waals surface area contributed by atoms with E-state index in [9.17, 15) is 13.6 Å². The zero-order chi connectivity index (χ0) is 7.56. The molecule has 5 heteroatoms. The molecule has 0 unspecified atom stereocenters. The highest BCUT2D eigenvalue weighted by atomic mass is 19.3. The molecule has 1 fully saturated rings. The van der Waals surface area contributed by atoms with Crippen molar-refractivity contribution in [1.82, 2.24) is 5.32 Å². The van der Waals surface area contributed by atoms with Gasteiger partial charge >= 0.3 is 12.7 Å². The zero-order valence-corrected chi connectivity index (χ0v) is 5.14. The quantitative estimate of drug-likeness (QED) is 0.641. The number of ether oxygens (including phenoxy) is 1. The molecule has 1 aliphatic carbocycles. The van der Waals surface area contributed by atoms with Gasteiger partial charge in [-0.25, -0.2) is 4.79 Å². The number of alkyl halides is 2. The predicted octanol–water partition coefficient (Wildman–Crippen LogP) is 1.10. The standard InChI is InChI=1S/C5H7F2NO2/c6-4(7)10-5(9)8-3-1-2-3/h3-4H,1-2H2,(H,8,9). The molecule has 0 aliphatic heterocycles. The molecule has 0 saturated heterocycles. The van der Waals surface area contributed by atoms with Crippen LogP contribution in [0.15, 0.2) is 0 Å². The van der Waals surface area contributed by atoms with E-state index in [4.69, 9.17) is 0 Å². The summed E-state index contributed by atoms with van der Waals surface area (Å²) in [6, 6.07) is 0.0613. The maximum atomic E-state index is 11.3. The van der Waals surface area contributed by atoms with Crippen LogP contribution in [-0.2, 0) is 4.74 Å². The molecule has 0 atom stereocenters. The summed E-state index contributed by atoms with van der Waals surface area (Å²) in [5.74, 6) is 0.